The second kappa shape index (κ2) is 5.91. The number of nitrogens with zero attached hydrogens (tertiary/aromatic N) is 2. The largest absolute Gasteiger partial charge is 0.455 e. The molecule has 0 saturated carbocycles. The van der Waals surface area contributed by atoms with E-state index in [2.05, 4.69) is 74.5 Å². The predicted molar refractivity (Wildman–Crippen MR) is 118 cm³/mol. The molecule has 0 spiro atoms. The summed E-state index contributed by atoms with van der Waals surface area (Å²) in [5.74, 6) is 0. The van der Waals surface area contributed by atoms with E-state index in [1.54, 1.807) is 0 Å². The first kappa shape index (κ1) is 18.4. The van der Waals surface area contributed by atoms with Gasteiger partial charge >= 0.3 is 0 Å². The summed E-state index contributed by atoms with van der Waals surface area (Å²) in [6, 6.07) is 11.1. The van der Waals surface area contributed by atoms with Crippen molar-refractivity contribution in [2.45, 2.75) is 58.3 Å². The molecule has 0 saturated heterocycles. The highest BCUT2D eigenvalue weighted by atomic mass is 16.3. The van der Waals surface area contributed by atoms with Crippen molar-refractivity contribution in [3.8, 4) is 11.3 Å². The van der Waals surface area contributed by atoms with E-state index >= 15 is 0 Å². The van der Waals surface area contributed by atoms with Crippen LogP contribution in [0.2, 0.25) is 0 Å². The van der Waals surface area contributed by atoms with Gasteiger partial charge in [-0.2, -0.15) is 0 Å². The molecule has 0 aliphatic heterocycles. The first-order valence-corrected chi connectivity index (χ1v) is 10.5. The molecule has 0 radical (unpaired) electrons. The molecule has 0 bridgehead atoms. The maximum atomic E-state index is 6.77. The smallest absolute Gasteiger partial charge is 0.286 e. The van der Waals surface area contributed by atoms with Crippen LogP contribution < -0.4 is 4.57 Å². The summed E-state index contributed by atoms with van der Waals surface area (Å²) < 4.78 is 8.83. The van der Waals surface area contributed by atoms with Gasteiger partial charge in [-0.25, -0.2) is 4.57 Å². The van der Waals surface area contributed by atoms with Gasteiger partial charge in [0.25, 0.3) is 6.33 Å². The van der Waals surface area contributed by atoms with Gasteiger partial charge in [0.05, 0.1) is 12.6 Å². The van der Waals surface area contributed by atoms with Crippen molar-refractivity contribution in [3.05, 3.63) is 59.5 Å². The molecule has 1 aliphatic carbocycles. The third-order valence-electron chi connectivity index (χ3n) is 6.99. The zero-order chi connectivity index (χ0) is 20.6. The quantitative estimate of drug-likeness (QED) is 0.369. The molecule has 29 heavy (non-hydrogen) atoms. The van der Waals surface area contributed by atoms with Crippen molar-refractivity contribution in [3.63, 3.8) is 0 Å². The van der Waals surface area contributed by atoms with E-state index in [0.717, 1.165) is 22.4 Å². The molecule has 2 heterocycles. The molecule has 4 aromatic rings. The van der Waals surface area contributed by atoms with E-state index in [1.165, 1.54) is 40.3 Å². The van der Waals surface area contributed by atoms with Crippen LogP contribution in [0.4, 0.5) is 0 Å². The molecule has 148 valence electrons. The summed E-state index contributed by atoms with van der Waals surface area (Å²) >= 11 is 0. The molecule has 1 aliphatic rings. The SMILES string of the molecule is Cc1ccc2c(oc3c4c(ccc32)C(C)(C)CCC4(C)C)c1-c1ccnc[n+]1C. The Morgan fingerprint density at radius 2 is 1.59 bits per heavy atom. The van der Waals surface area contributed by atoms with Crippen LogP contribution in [-0.2, 0) is 17.9 Å². The van der Waals surface area contributed by atoms with Crippen LogP contribution in [-0.4, -0.2) is 4.98 Å². The lowest BCUT2D eigenvalue weighted by Gasteiger charge is -2.41. The number of furan rings is 1. The minimum atomic E-state index is 0.106. The van der Waals surface area contributed by atoms with Gasteiger partial charge in [0, 0.05) is 22.4 Å². The monoisotopic (exact) mass is 385 g/mol. The van der Waals surface area contributed by atoms with E-state index in [-0.39, 0.29) is 10.8 Å². The molecule has 3 nitrogen and oxygen atoms in total. The predicted octanol–water partition coefficient (Wildman–Crippen LogP) is 6.13. The summed E-state index contributed by atoms with van der Waals surface area (Å²) in [4.78, 5) is 4.25. The second-order valence-electron chi connectivity index (χ2n) is 9.95. The Morgan fingerprint density at radius 1 is 0.897 bits per heavy atom. The topological polar surface area (TPSA) is 29.9 Å². The van der Waals surface area contributed by atoms with Crippen LogP contribution in [0.25, 0.3) is 33.2 Å². The van der Waals surface area contributed by atoms with Crippen molar-refractivity contribution < 1.29 is 8.98 Å². The van der Waals surface area contributed by atoms with Crippen LogP contribution in [0.3, 0.4) is 0 Å². The van der Waals surface area contributed by atoms with E-state index < -0.39 is 0 Å². The Morgan fingerprint density at radius 3 is 2.34 bits per heavy atom. The zero-order valence-corrected chi connectivity index (χ0v) is 18.3. The molecule has 0 N–H and O–H groups in total. The van der Waals surface area contributed by atoms with Crippen molar-refractivity contribution in [2.75, 3.05) is 0 Å². The third kappa shape index (κ3) is 2.56. The van der Waals surface area contributed by atoms with Gasteiger partial charge < -0.3 is 4.42 Å². The van der Waals surface area contributed by atoms with Crippen molar-refractivity contribution in [1.29, 1.82) is 0 Å². The van der Waals surface area contributed by atoms with Crippen LogP contribution >= 0.6 is 0 Å². The molecule has 5 rings (SSSR count). The zero-order valence-electron chi connectivity index (χ0n) is 18.3. The minimum absolute atomic E-state index is 0.106. The molecule has 0 atom stereocenters. The van der Waals surface area contributed by atoms with Gasteiger partial charge in [0.2, 0.25) is 0 Å². The average Bonchev–Trinajstić information content (AvgIpc) is 3.04. The summed E-state index contributed by atoms with van der Waals surface area (Å²) in [6.07, 6.45) is 6.08. The number of aromatic nitrogens is 2. The lowest BCUT2D eigenvalue weighted by molar-refractivity contribution is -0.663. The van der Waals surface area contributed by atoms with Gasteiger partial charge in [0.15, 0.2) is 0 Å². The fraction of sp³-hybridized carbons (Fsp3) is 0.385. The Kier molecular flexibility index (Phi) is 3.74. The van der Waals surface area contributed by atoms with Crippen LogP contribution in [0.15, 0.2) is 47.3 Å². The highest BCUT2D eigenvalue weighted by molar-refractivity contribution is 6.11. The number of hydrogen-bond donors (Lipinski definition) is 0. The Bertz CT molecular complexity index is 1280. The molecule has 0 fully saturated rings. The van der Waals surface area contributed by atoms with Gasteiger partial charge in [-0.15, -0.1) is 0 Å². The molecule has 0 unspecified atom stereocenters. The highest BCUT2D eigenvalue weighted by Crippen LogP contribution is 2.50. The van der Waals surface area contributed by atoms with E-state index in [1.807, 2.05) is 19.6 Å². The maximum Gasteiger partial charge on any atom is 0.286 e. The number of aryl methyl sites for hydroxylation is 2. The number of benzene rings is 2. The van der Waals surface area contributed by atoms with Gasteiger partial charge in [-0.1, -0.05) is 56.9 Å². The van der Waals surface area contributed by atoms with E-state index in [9.17, 15) is 0 Å². The average molecular weight is 386 g/mol. The molecule has 2 aromatic carbocycles. The Labute approximate surface area is 172 Å². The molecule has 3 heteroatoms. The highest BCUT2D eigenvalue weighted by Gasteiger charge is 2.39. The second-order valence-corrected chi connectivity index (χ2v) is 9.95. The lowest BCUT2D eigenvalue weighted by Crippen LogP contribution is -2.33. The van der Waals surface area contributed by atoms with Crippen molar-refractivity contribution >= 4 is 21.9 Å². The third-order valence-corrected chi connectivity index (χ3v) is 6.99. The summed E-state index contributed by atoms with van der Waals surface area (Å²) in [5, 5.41) is 2.42. The molecular weight excluding hydrogens is 356 g/mol. The number of rotatable bonds is 1. The summed E-state index contributed by atoms with van der Waals surface area (Å²) in [5.41, 5.74) is 8.65. The Balaban J connectivity index is 1.93. The van der Waals surface area contributed by atoms with E-state index in [4.69, 9.17) is 4.42 Å². The van der Waals surface area contributed by atoms with Crippen molar-refractivity contribution in [1.82, 2.24) is 4.98 Å². The summed E-state index contributed by atoms with van der Waals surface area (Å²) in [7, 11) is 2.04. The fourth-order valence-electron chi connectivity index (χ4n) is 5.13. The van der Waals surface area contributed by atoms with Gasteiger partial charge in [-0.3, -0.25) is 0 Å². The normalized spacial score (nSPS) is 17.6. The summed E-state index contributed by atoms with van der Waals surface area (Å²) in [6.45, 7) is 11.6. The van der Waals surface area contributed by atoms with Crippen LogP contribution in [0.1, 0.15) is 57.2 Å². The standard InChI is InChI=1S/C26H29N2O/c1-16-7-8-17-18-9-10-19-22(26(4,5)13-12-25(19,2)3)24(18)29-23(17)21(16)20-11-14-27-15-28(20)6/h7-11,14-15H,12-13H2,1-6H3/q+1. The van der Waals surface area contributed by atoms with Crippen LogP contribution in [0.5, 0.6) is 0 Å². The van der Waals surface area contributed by atoms with E-state index in [0.29, 0.717) is 0 Å². The first-order chi connectivity index (χ1) is 13.7. The Hall–Kier alpha value is -2.68. The lowest BCUT2D eigenvalue weighted by atomic mass is 9.63. The number of fused-ring (bicyclic) bond motifs is 5. The first-order valence-electron chi connectivity index (χ1n) is 10.5. The number of hydrogen-bond acceptors (Lipinski definition) is 2. The minimum Gasteiger partial charge on any atom is -0.455 e. The molecule has 0 amide bonds. The van der Waals surface area contributed by atoms with Crippen LogP contribution in [0, 0.1) is 6.92 Å². The maximum absolute atomic E-state index is 6.77. The molecular formula is C26H29N2O+. The van der Waals surface area contributed by atoms with Gasteiger partial charge in [-0.05, 0) is 41.7 Å². The van der Waals surface area contributed by atoms with Gasteiger partial charge in [0.1, 0.15) is 23.1 Å². The molecule has 2 aromatic heterocycles. The fourth-order valence-corrected chi connectivity index (χ4v) is 5.13. The van der Waals surface area contributed by atoms with Crippen molar-refractivity contribution in [2.24, 2.45) is 7.05 Å².